The fourth-order valence-electron chi connectivity index (χ4n) is 1.30. The summed E-state index contributed by atoms with van der Waals surface area (Å²) in [5.74, 6) is 0.277. The highest BCUT2D eigenvalue weighted by atomic mass is 16.1. The lowest BCUT2D eigenvalue weighted by Gasteiger charge is -1.99. The van der Waals surface area contributed by atoms with Crippen LogP contribution in [0.15, 0.2) is 0 Å². The van der Waals surface area contributed by atoms with Gasteiger partial charge in [0.1, 0.15) is 5.78 Å². The summed E-state index contributed by atoms with van der Waals surface area (Å²) >= 11 is 0. The molecular formula is C8H11NO. The van der Waals surface area contributed by atoms with Gasteiger partial charge in [-0.05, 0) is 12.8 Å². The molecule has 0 N–H and O–H groups in total. The van der Waals surface area contributed by atoms with Crippen LogP contribution in [0.2, 0.25) is 0 Å². The number of rotatable bonds is 0. The predicted octanol–water partition coefficient (Wildman–Crippen LogP) is 1.66. The van der Waals surface area contributed by atoms with E-state index in [2.05, 4.69) is 6.07 Å². The number of carbonyl (C=O) groups excluding carboxylic acids is 1. The van der Waals surface area contributed by atoms with Crippen molar-refractivity contribution in [2.24, 2.45) is 5.92 Å². The number of hydrogen-bond donors (Lipinski definition) is 0. The SMILES string of the molecule is N#CC1CCCCC(=O)C1. The lowest BCUT2D eigenvalue weighted by molar-refractivity contribution is -0.119. The van der Waals surface area contributed by atoms with Crippen LogP contribution in [-0.4, -0.2) is 5.78 Å². The molecule has 0 spiro atoms. The van der Waals surface area contributed by atoms with Gasteiger partial charge in [0.25, 0.3) is 0 Å². The second-order valence-corrected chi connectivity index (χ2v) is 2.81. The van der Waals surface area contributed by atoms with Crippen LogP contribution in [0.3, 0.4) is 0 Å². The topological polar surface area (TPSA) is 40.9 Å². The molecule has 0 aromatic rings. The second kappa shape index (κ2) is 3.36. The number of nitrogens with zero attached hydrogens (tertiary/aromatic N) is 1. The fraction of sp³-hybridized carbons (Fsp3) is 0.750. The minimum atomic E-state index is 0.00926. The van der Waals surface area contributed by atoms with Gasteiger partial charge < -0.3 is 0 Å². The molecule has 10 heavy (non-hydrogen) atoms. The van der Waals surface area contributed by atoms with Crippen molar-refractivity contribution < 1.29 is 4.79 Å². The average Bonchev–Trinajstić information content (AvgIpc) is 2.13. The van der Waals surface area contributed by atoms with Crippen LogP contribution in [0.25, 0.3) is 0 Å². The predicted molar refractivity (Wildman–Crippen MR) is 37.2 cm³/mol. The van der Waals surface area contributed by atoms with Gasteiger partial charge in [-0.2, -0.15) is 5.26 Å². The summed E-state index contributed by atoms with van der Waals surface area (Å²) in [5.41, 5.74) is 0. The maximum atomic E-state index is 10.9. The van der Waals surface area contributed by atoms with Crippen molar-refractivity contribution in [3.63, 3.8) is 0 Å². The van der Waals surface area contributed by atoms with Crippen molar-refractivity contribution in [1.82, 2.24) is 0 Å². The monoisotopic (exact) mass is 137 g/mol. The highest BCUT2D eigenvalue weighted by molar-refractivity contribution is 5.79. The summed E-state index contributed by atoms with van der Waals surface area (Å²) in [4.78, 5) is 10.9. The van der Waals surface area contributed by atoms with E-state index in [9.17, 15) is 4.79 Å². The van der Waals surface area contributed by atoms with Crippen LogP contribution < -0.4 is 0 Å². The van der Waals surface area contributed by atoms with E-state index in [0.29, 0.717) is 12.8 Å². The Hall–Kier alpha value is -0.840. The Bertz CT molecular complexity index is 169. The molecule has 54 valence electrons. The Kier molecular flexibility index (Phi) is 2.44. The molecule has 0 saturated heterocycles. The van der Waals surface area contributed by atoms with Crippen molar-refractivity contribution in [1.29, 1.82) is 5.26 Å². The minimum absolute atomic E-state index is 0.00926. The van der Waals surface area contributed by atoms with Gasteiger partial charge in [0, 0.05) is 12.8 Å². The summed E-state index contributed by atoms with van der Waals surface area (Å²) in [6.45, 7) is 0. The molecule has 1 fully saturated rings. The summed E-state index contributed by atoms with van der Waals surface area (Å²) < 4.78 is 0. The van der Waals surface area contributed by atoms with Crippen LogP contribution in [-0.2, 0) is 4.79 Å². The lowest BCUT2D eigenvalue weighted by atomic mass is 10.0. The number of hydrogen-bond acceptors (Lipinski definition) is 2. The molecule has 2 nitrogen and oxygen atoms in total. The molecule has 0 aromatic carbocycles. The van der Waals surface area contributed by atoms with Crippen LogP contribution in [0.4, 0.5) is 0 Å². The Morgan fingerprint density at radius 2 is 2.30 bits per heavy atom. The fourth-order valence-corrected chi connectivity index (χ4v) is 1.30. The van der Waals surface area contributed by atoms with Gasteiger partial charge in [0.05, 0.1) is 12.0 Å². The van der Waals surface area contributed by atoms with Crippen molar-refractivity contribution >= 4 is 5.78 Å². The summed E-state index contributed by atoms with van der Waals surface area (Å²) in [6, 6.07) is 2.15. The minimum Gasteiger partial charge on any atom is -0.300 e. The van der Waals surface area contributed by atoms with Crippen LogP contribution >= 0.6 is 0 Å². The maximum absolute atomic E-state index is 10.9. The van der Waals surface area contributed by atoms with Gasteiger partial charge in [-0.25, -0.2) is 0 Å². The molecular weight excluding hydrogens is 126 g/mol. The van der Waals surface area contributed by atoms with E-state index in [1.54, 1.807) is 0 Å². The normalized spacial score (nSPS) is 27.1. The molecule has 0 aliphatic heterocycles. The highest BCUT2D eigenvalue weighted by Crippen LogP contribution is 2.19. The molecule has 1 aliphatic carbocycles. The van der Waals surface area contributed by atoms with Gasteiger partial charge >= 0.3 is 0 Å². The molecule has 0 aromatic heterocycles. The van der Waals surface area contributed by atoms with E-state index in [1.807, 2.05) is 0 Å². The van der Waals surface area contributed by atoms with Gasteiger partial charge in [-0.3, -0.25) is 4.79 Å². The number of nitriles is 1. The summed E-state index contributed by atoms with van der Waals surface area (Å²) in [6.07, 6.45) is 4.14. The first-order valence-electron chi connectivity index (χ1n) is 3.74. The number of carbonyl (C=O) groups is 1. The molecule has 1 saturated carbocycles. The first-order valence-corrected chi connectivity index (χ1v) is 3.74. The lowest BCUT2D eigenvalue weighted by Crippen LogP contribution is -2.01. The third-order valence-electron chi connectivity index (χ3n) is 1.91. The molecule has 0 amide bonds. The van der Waals surface area contributed by atoms with Crippen molar-refractivity contribution in [3.05, 3.63) is 0 Å². The van der Waals surface area contributed by atoms with E-state index < -0.39 is 0 Å². The zero-order valence-electron chi connectivity index (χ0n) is 5.97. The molecule has 2 heteroatoms. The van der Waals surface area contributed by atoms with Crippen molar-refractivity contribution in [2.75, 3.05) is 0 Å². The molecule has 0 radical (unpaired) electrons. The standard InChI is InChI=1S/C8H11NO/c9-6-7-3-1-2-4-8(10)5-7/h7H,1-5H2. The number of Topliss-reactive ketones (excluding diaryl/α,β-unsaturated/α-hetero) is 1. The van der Waals surface area contributed by atoms with E-state index in [0.717, 1.165) is 19.3 Å². The van der Waals surface area contributed by atoms with E-state index in [1.165, 1.54) is 0 Å². The van der Waals surface area contributed by atoms with Gasteiger partial charge in [0.2, 0.25) is 0 Å². The summed E-state index contributed by atoms with van der Waals surface area (Å²) in [7, 11) is 0. The van der Waals surface area contributed by atoms with Crippen molar-refractivity contribution in [3.8, 4) is 6.07 Å². The Morgan fingerprint density at radius 1 is 1.50 bits per heavy atom. The van der Waals surface area contributed by atoms with Crippen LogP contribution in [0.1, 0.15) is 32.1 Å². The maximum Gasteiger partial charge on any atom is 0.134 e. The van der Waals surface area contributed by atoms with Gasteiger partial charge in [-0.1, -0.05) is 6.42 Å². The molecule has 1 unspecified atom stereocenters. The Balaban J connectivity index is 2.47. The van der Waals surface area contributed by atoms with E-state index >= 15 is 0 Å². The molecule has 1 aliphatic rings. The first kappa shape index (κ1) is 7.27. The van der Waals surface area contributed by atoms with E-state index in [4.69, 9.17) is 5.26 Å². The largest absolute Gasteiger partial charge is 0.300 e. The van der Waals surface area contributed by atoms with Crippen LogP contribution in [0, 0.1) is 17.2 Å². The second-order valence-electron chi connectivity index (χ2n) is 2.81. The molecule has 0 bridgehead atoms. The third-order valence-corrected chi connectivity index (χ3v) is 1.91. The highest BCUT2D eigenvalue weighted by Gasteiger charge is 2.16. The molecule has 0 heterocycles. The quantitative estimate of drug-likeness (QED) is 0.476. The van der Waals surface area contributed by atoms with Crippen LogP contribution in [0.5, 0.6) is 0 Å². The Morgan fingerprint density at radius 3 is 3.00 bits per heavy atom. The van der Waals surface area contributed by atoms with Crippen molar-refractivity contribution in [2.45, 2.75) is 32.1 Å². The van der Waals surface area contributed by atoms with E-state index in [-0.39, 0.29) is 11.7 Å². The number of ketones is 1. The zero-order valence-corrected chi connectivity index (χ0v) is 5.97. The zero-order chi connectivity index (χ0) is 7.40. The Labute approximate surface area is 60.8 Å². The smallest absolute Gasteiger partial charge is 0.134 e. The first-order chi connectivity index (χ1) is 4.83. The molecule has 1 rings (SSSR count). The summed E-state index contributed by atoms with van der Waals surface area (Å²) in [5, 5.41) is 8.53. The third kappa shape index (κ3) is 1.84. The average molecular weight is 137 g/mol. The van der Waals surface area contributed by atoms with Gasteiger partial charge in [0.15, 0.2) is 0 Å². The molecule has 1 atom stereocenters. The van der Waals surface area contributed by atoms with Gasteiger partial charge in [-0.15, -0.1) is 0 Å².